The van der Waals surface area contributed by atoms with Crippen LogP contribution in [0.2, 0.25) is 5.02 Å². The van der Waals surface area contributed by atoms with Crippen LogP contribution >= 0.6 is 11.6 Å². The summed E-state index contributed by atoms with van der Waals surface area (Å²) in [6.45, 7) is 6.69. The Balaban J connectivity index is 1.70. The van der Waals surface area contributed by atoms with Crippen molar-refractivity contribution >= 4 is 22.6 Å². The Bertz CT molecular complexity index is 620. The number of nitrogens with zero attached hydrogens (tertiary/aromatic N) is 1. The molecule has 1 aromatic carbocycles. The summed E-state index contributed by atoms with van der Waals surface area (Å²) >= 11 is 6.03. The summed E-state index contributed by atoms with van der Waals surface area (Å²) in [7, 11) is 0. The average molecular weight is 309 g/mol. The van der Waals surface area contributed by atoms with Gasteiger partial charge in [0.1, 0.15) is 11.3 Å². The van der Waals surface area contributed by atoms with Gasteiger partial charge < -0.3 is 14.8 Å². The van der Waals surface area contributed by atoms with Crippen LogP contribution in [0.15, 0.2) is 22.6 Å². The van der Waals surface area contributed by atoms with Crippen LogP contribution in [-0.4, -0.2) is 48.8 Å². The van der Waals surface area contributed by atoms with Gasteiger partial charge in [0, 0.05) is 49.6 Å². The number of fused-ring (bicyclic) bond motifs is 1. The Hall–Kier alpha value is -1.07. The smallest absolute Gasteiger partial charge is 0.134 e. The highest BCUT2D eigenvalue weighted by atomic mass is 35.5. The molecule has 1 aromatic heterocycles. The molecule has 0 radical (unpaired) electrons. The van der Waals surface area contributed by atoms with Crippen molar-refractivity contribution in [3.63, 3.8) is 0 Å². The monoisotopic (exact) mass is 308 g/mol. The van der Waals surface area contributed by atoms with Crippen LogP contribution in [0.25, 0.3) is 11.0 Å². The first-order chi connectivity index (χ1) is 10.1. The quantitative estimate of drug-likeness (QED) is 0.909. The van der Waals surface area contributed by atoms with Crippen molar-refractivity contribution in [2.45, 2.75) is 19.4 Å². The van der Waals surface area contributed by atoms with Gasteiger partial charge in [-0.15, -0.1) is 0 Å². The highest BCUT2D eigenvalue weighted by Gasteiger charge is 2.18. The van der Waals surface area contributed by atoms with Gasteiger partial charge >= 0.3 is 0 Å². The number of nitrogens with one attached hydrogen (secondary N) is 1. The number of benzene rings is 1. The molecule has 21 heavy (non-hydrogen) atoms. The number of halogens is 1. The summed E-state index contributed by atoms with van der Waals surface area (Å²) in [5.74, 6) is 0.856. The Labute approximate surface area is 129 Å². The number of furan rings is 1. The van der Waals surface area contributed by atoms with Crippen LogP contribution in [-0.2, 0) is 6.42 Å². The molecule has 0 spiro atoms. The molecule has 0 saturated carbocycles. The number of hydrogen-bond acceptors (Lipinski definition) is 4. The van der Waals surface area contributed by atoms with Crippen LogP contribution in [0.5, 0.6) is 0 Å². The van der Waals surface area contributed by atoms with Crippen LogP contribution < -0.4 is 5.32 Å². The molecule has 114 valence electrons. The van der Waals surface area contributed by atoms with E-state index in [9.17, 15) is 5.11 Å². The number of hydrogen-bond donors (Lipinski definition) is 2. The highest BCUT2D eigenvalue weighted by Crippen LogP contribution is 2.28. The maximum Gasteiger partial charge on any atom is 0.134 e. The van der Waals surface area contributed by atoms with Gasteiger partial charge in [-0.2, -0.15) is 0 Å². The van der Waals surface area contributed by atoms with E-state index in [1.54, 1.807) is 0 Å². The molecule has 1 fully saturated rings. The SMILES string of the molecule is Cc1c(CC(O)CN2CCNCC2)oc2ccc(Cl)cc12. The van der Waals surface area contributed by atoms with Crippen molar-refractivity contribution in [3.05, 3.63) is 34.5 Å². The Morgan fingerprint density at radius 3 is 2.90 bits per heavy atom. The maximum absolute atomic E-state index is 10.3. The molecule has 3 rings (SSSR count). The summed E-state index contributed by atoms with van der Waals surface area (Å²) in [4.78, 5) is 2.29. The lowest BCUT2D eigenvalue weighted by atomic mass is 10.1. The number of aryl methyl sites for hydroxylation is 1. The Kier molecular flexibility index (Phi) is 4.50. The van der Waals surface area contributed by atoms with E-state index in [1.165, 1.54) is 0 Å². The molecule has 0 amide bonds. The zero-order chi connectivity index (χ0) is 14.8. The van der Waals surface area contributed by atoms with E-state index < -0.39 is 6.10 Å². The molecule has 0 bridgehead atoms. The van der Waals surface area contributed by atoms with Crippen molar-refractivity contribution in [2.24, 2.45) is 0 Å². The molecule has 1 unspecified atom stereocenters. The van der Waals surface area contributed by atoms with Gasteiger partial charge in [-0.3, -0.25) is 4.90 Å². The average Bonchev–Trinajstić information content (AvgIpc) is 2.76. The zero-order valence-electron chi connectivity index (χ0n) is 12.2. The summed E-state index contributed by atoms with van der Waals surface area (Å²) < 4.78 is 5.86. The molecule has 2 heterocycles. The third kappa shape index (κ3) is 3.40. The second kappa shape index (κ2) is 6.36. The van der Waals surface area contributed by atoms with Gasteiger partial charge in [-0.1, -0.05) is 11.6 Å². The molecule has 4 nitrogen and oxygen atoms in total. The fourth-order valence-corrected chi connectivity index (χ4v) is 3.08. The molecular formula is C16H21ClN2O2. The molecule has 0 aliphatic carbocycles. The number of piperazine rings is 1. The van der Waals surface area contributed by atoms with Crippen LogP contribution in [0.3, 0.4) is 0 Å². The van der Waals surface area contributed by atoms with E-state index in [4.69, 9.17) is 16.0 Å². The van der Waals surface area contributed by atoms with Crippen LogP contribution in [0.1, 0.15) is 11.3 Å². The van der Waals surface area contributed by atoms with E-state index in [-0.39, 0.29) is 0 Å². The second-order valence-electron chi connectivity index (χ2n) is 5.70. The third-order valence-electron chi connectivity index (χ3n) is 4.10. The Morgan fingerprint density at radius 1 is 1.38 bits per heavy atom. The minimum absolute atomic E-state index is 0.405. The van der Waals surface area contributed by atoms with Crippen molar-refractivity contribution in [3.8, 4) is 0 Å². The van der Waals surface area contributed by atoms with Crippen molar-refractivity contribution in [2.75, 3.05) is 32.7 Å². The van der Waals surface area contributed by atoms with Crippen molar-refractivity contribution in [1.82, 2.24) is 10.2 Å². The van der Waals surface area contributed by atoms with Crippen molar-refractivity contribution in [1.29, 1.82) is 0 Å². The van der Waals surface area contributed by atoms with Gasteiger partial charge in [-0.25, -0.2) is 0 Å². The van der Waals surface area contributed by atoms with Gasteiger partial charge in [-0.05, 0) is 30.7 Å². The molecule has 1 atom stereocenters. The van der Waals surface area contributed by atoms with E-state index >= 15 is 0 Å². The van der Waals surface area contributed by atoms with E-state index in [0.717, 1.165) is 48.5 Å². The lowest BCUT2D eigenvalue weighted by Gasteiger charge is -2.28. The second-order valence-corrected chi connectivity index (χ2v) is 6.14. The number of aliphatic hydroxyl groups excluding tert-OH is 1. The summed E-state index contributed by atoms with van der Waals surface area (Å²) in [6, 6.07) is 5.63. The fourth-order valence-electron chi connectivity index (χ4n) is 2.91. The van der Waals surface area contributed by atoms with Crippen LogP contribution in [0.4, 0.5) is 0 Å². The first kappa shape index (κ1) is 14.9. The molecule has 1 saturated heterocycles. The molecule has 2 N–H and O–H groups in total. The maximum atomic E-state index is 10.3. The number of rotatable bonds is 4. The first-order valence-electron chi connectivity index (χ1n) is 7.42. The fraction of sp³-hybridized carbons (Fsp3) is 0.500. The number of aliphatic hydroxyl groups is 1. The molecule has 1 aliphatic heterocycles. The number of β-amino-alcohol motifs (C(OH)–C–C–N with tert-alkyl or cyclic N) is 1. The molecule has 2 aromatic rings. The van der Waals surface area contributed by atoms with Gasteiger partial charge in [0.05, 0.1) is 6.10 Å². The summed E-state index contributed by atoms with van der Waals surface area (Å²) in [5, 5.41) is 15.4. The normalized spacial score (nSPS) is 18.2. The van der Waals surface area contributed by atoms with Gasteiger partial charge in [0.2, 0.25) is 0 Å². The summed E-state index contributed by atoms with van der Waals surface area (Å²) in [6.07, 6.45) is 0.139. The zero-order valence-corrected chi connectivity index (χ0v) is 13.0. The minimum Gasteiger partial charge on any atom is -0.461 e. The first-order valence-corrected chi connectivity index (χ1v) is 7.80. The minimum atomic E-state index is -0.405. The third-order valence-corrected chi connectivity index (χ3v) is 4.33. The van der Waals surface area contributed by atoms with Crippen molar-refractivity contribution < 1.29 is 9.52 Å². The largest absolute Gasteiger partial charge is 0.461 e. The predicted molar refractivity (Wildman–Crippen MR) is 85.0 cm³/mol. The van der Waals surface area contributed by atoms with Gasteiger partial charge in [0.15, 0.2) is 0 Å². The standard InChI is InChI=1S/C16H21ClN2O2/c1-11-14-8-12(17)2-3-15(14)21-16(11)9-13(20)10-19-6-4-18-5-7-19/h2-3,8,13,18,20H,4-7,9-10H2,1H3. The van der Waals surface area contributed by atoms with E-state index in [1.807, 2.05) is 25.1 Å². The molecule has 1 aliphatic rings. The predicted octanol–water partition coefficient (Wildman–Crippen LogP) is 2.20. The highest BCUT2D eigenvalue weighted by molar-refractivity contribution is 6.31. The Morgan fingerprint density at radius 2 is 2.14 bits per heavy atom. The molecule has 5 heteroatoms. The topological polar surface area (TPSA) is 48.6 Å². The van der Waals surface area contributed by atoms with E-state index in [0.29, 0.717) is 18.0 Å². The van der Waals surface area contributed by atoms with E-state index in [2.05, 4.69) is 10.2 Å². The lowest BCUT2D eigenvalue weighted by Crippen LogP contribution is -2.46. The molecular weight excluding hydrogens is 288 g/mol. The van der Waals surface area contributed by atoms with Gasteiger partial charge in [0.25, 0.3) is 0 Å². The van der Waals surface area contributed by atoms with Crippen LogP contribution in [0, 0.1) is 6.92 Å². The summed E-state index contributed by atoms with van der Waals surface area (Å²) in [5.41, 5.74) is 1.91. The lowest BCUT2D eigenvalue weighted by molar-refractivity contribution is 0.101.